The summed E-state index contributed by atoms with van der Waals surface area (Å²) in [5.41, 5.74) is 4.09. The van der Waals surface area contributed by atoms with Gasteiger partial charge in [-0.1, -0.05) is 48.5 Å². The lowest BCUT2D eigenvalue weighted by Crippen LogP contribution is -2.40. The van der Waals surface area contributed by atoms with E-state index in [1.807, 2.05) is 0 Å². The van der Waals surface area contributed by atoms with Gasteiger partial charge in [-0.3, -0.25) is 0 Å². The molecule has 2 bridgehead atoms. The number of aromatic nitrogens is 1. The van der Waals surface area contributed by atoms with E-state index in [9.17, 15) is 0 Å². The number of fused-ring (bicyclic) bond motifs is 3. The van der Waals surface area contributed by atoms with Crippen LogP contribution in [0.3, 0.4) is 0 Å². The Labute approximate surface area is 143 Å². The largest absolute Gasteiger partial charge is 0.344 e. The molecule has 0 amide bonds. The highest BCUT2D eigenvalue weighted by Crippen LogP contribution is 2.42. The standard InChI is InChI=1S/C22H24N2/c1-23-17-11-12-18(23)14-19(13-17)24-15-21(16-7-3-2-4-8-16)20-9-5-6-10-22(20)24/h2-10,15,17-19H,11-14H2,1H3. The third-order valence-electron chi connectivity index (χ3n) is 6.29. The van der Waals surface area contributed by atoms with Crippen molar-refractivity contribution in [3.63, 3.8) is 0 Å². The zero-order chi connectivity index (χ0) is 16.1. The molecule has 0 radical (unpaired) electrons. The van der Waals surface area contributed by atoms with E-state index >= 15 is 0 Å². The van der Waals surface area contributed by atoms with Crippen LogP contribution in [-0.2, 0) is 0 Å². The van der Waals surface area contributed by atoms with Crippen LogP contribution in [0.1, 0.15) is 31.7 Å². The monoisotopic (exact) mass is 316 g/mol. The summed E-state index contributed by atoms with van der Waals surface area (Å²) in [5.74, 6) is 0. The summed E-state index contributed by atoms with van der Waals surface area (Å²) in [6, 6.07) is 21.9. The van der Waals surface area contributed by atoms with Gasteiger partial charge in [-0.25, -0.2) is 0 Å². The Morgan fingerprint density at radius 2 is 1.46 bits per heavy atom. The normalized spacial score (nSPS) is 27.0. The van der Waals surface area contributed by atoms with Crippen molar-refractivity contribution in [2.45, 2.75) is 43.8 Å². The molecule has 2 aliphatic rings. The van der Waals surface area contributed by atoms with Crippen molar-refractivity contribution in [2.24, 2.45) is 0 Å². The highest BCUT2D eigenvalue weighted by atomic mass is 15.2. The minimum absolute atomic E-state index is 0.640. The number of hydrogen-bond acceptors (Lipinski definition) is 1. The fraction of sp³-hybridized carbons (Fsp3) is 0.364. The molecule has 2 heteroatoms. The summed E-state index contributed by atoms with van der Waals surface area (Å²) in [6.07, 6.45) is 7.75. The van der Waals surface area contributed by atoms with Crippen molar-refractivity contribution in [2.75, 3.05) is 7.05 Å². The van der Waals surface area contributed by atoms with Crippen LogP contribution in [0.5, 0.6) is 0 Å². The summed E-state index contributed by atoms with van der Waals surface area (Å²) >= 11 is 0. The lowest BCUT2D eigenvalue weighted by atomic mass is 9.97. The van der Waals surface area contributed by atoms with Crippen molar-refractivity contribution in [3.8, 4) is 11.1 Å². The van der Waals surface area contributed by atoms with Gasteiger partial charge < -0.3 is 9.47 Å². The first kappa shape index (κ1) is 14.3. The van der Waals surface area contributed by atoms with Crippen molar-refractivity contribution in [1.82, 2.24) is 9.47 Å². The molecule has 1 aromatic heterocycles. The SMILES string of the molecule is CN1C2CCC1CC(n1cc(-c3ccccc3)c3ccccc31)C2. The summed E-state index contributed by atoms with van der Waals surface area (Å²) in [7, 11) is 2.32. The zero-order valence-electron chi connectivity index (χ0n) is 14.2. The van der Waals surface area contributed by atoms with Crippen LogP contribution in [0.15, 0.2) is 60.8 Å². The molecule has 2 nitrogen and oxygen atoms in total. The van der Waals surface area contributed by atoms with Crippen molar-refractivity contribution in [1.29, 1.82) is 0 Å². The van der Waals surface area contributed by atoms with Crippen LogP contribution in [0.25, 0.3) is 22.0 Å². The molecule has 24 heavy (non-hydrogen) atoms. The topological polar surface area (TPSA) is 8.17 Å². The first-order valence-electron chi connectivity index (χ1n) is 9.18. The molecule has 0 N–H and O–H groups in total. The van der Waals surface area contributed by atoms with E-state index in [0.717, 1.165) is 12.1 Å². The summed E-state index contributed by atoms with van der Waals surface area (Å²) in [4.78, 5) is 2.63. The number of piperidine rings is 1. The Balaban J connectivity index is 1.62. The molecule has 5 rings (SSSR count). The minimum atomic E-state index is 0.640. The van der Waals surface area contributed by atoms with E-state index in [1.54, 1.807) is 0 Å². The quantitative estimate of drug-likeness (QED) is 0.638. The molecule has 2 fully saturated rings. The maximum Gasteiger partial charge on any atom is 0.0489 e. The molecule has 2 atom stereocenters. The van der Waals surface area contributed by atoms with Crippen LogP contribution in [-0.4, -0.2) is 28.6 Å². The van der Waals surface area contributed by atoms with Crippen molar-refractivity contribution in [3.05, 3.63) is 60.8 Å². The van der Waals surface area contributed by atoms with Crippen molar-refractivity contribution < 1.29 is 0 Å². The van der Waals surface area contributed by atoms with Crippen LogP contribution >= 0.6 is 0 Å². The number of nitrogens with zero attached hydrogens (tertiary/aromatic N) is 2. The van der Waals surface area contributed by atoms with Crippen LogP contribution < -0.4 is 0 Å². The molecule has 2 aliphatic heterocycles. The highest BCUT2D eigenvalue weighted by molar-refractivity contribution is 5.96. The second-order valence-electron chi connectivity index (χ2n) is 7.51. The smallest absolute Gasteiger partial charge is 0.0489 e. The summed E-state index contributed by atoms with van der Waals surface area (Å²) < 4.78 is 2.58. The molecular weight excluding hydrogens is 292 g/mol. The maximum atomic E-state index is 2.63. The lowest BCUT2D eigenvalue weighted by molar-refractivity contribution is 0.139. The Hall–Kier alpha value is -2.06. The minimum Gasteiger partial charge on any atom is -0.344 e. The van der Waals surface area contributed by atoms with Gasteiger partial charge in [-0.15, -0.1) is 0 Å². The van der Waals surface area contributed by atoms with Crippen LogP contribution in [0.4, 0.5) is 0 Å². The third-order valence-corrected chi connectivity index (χ3v) is 6.29. The van der Waals surface area contributed by atoms with Gasteiger partial charge in [0.15, 0.2) is 0 Å². The van der Waals surface area contributed by atoms with Gasteiger partial charge in [-0.05, 0) is 44.4 Å². The van der Waals surface area contributed by atoms with Gasteiger partial charge in [-0.2, -0.15) is 0 Å². The first-order valence-corrected chi connectivity index (χ1v) is 9.18. The predicted octanol–water partition coefficient (Wildman–Crippen LogP) is 5.11. The molecule has 0 saturated carbocycles. The van der Waals surface area contributed by atoms with Gasteiger partial charge in [0.1, 0.15) is 0 Å². The summed E-state index contributed by atoms with van der Waals surface area (Å²) in [5, 5.41) is 1.38. The van der Waals surface area contributed by atoms with Crippen LogP contribution in [0.2, 0.25) is 0 Å². The number of hydrogen-bond donors (Lipinski definition) is 0. The van der Waals surface area contributed by atoms with E-state index < -0.39 is 0 Å². The van der Waals surface area contributed by atoms with Gasteiger partial charge >= 0.3 is 0 Å². The molecule has 3 heterocycles. The van der Waals surface area contributed by atoms with Crippen molar-refractivity contribution >= 4 is 10.9 Å². The number of benzene rings is 2. The Bertz CT molecular complexity index is 850. The third kappa shape index (κ3) is 2.13. The van der Waals surface area contributed by atoms with Gasteiger partial charge in [0.2, 0.25) is 0 Å². The molecular formula is C22H24N2. The fourth-order valence-corrected chi connectivity index (χ4v) is 4.96. The highest BCUT2D eigenvalue weighted by Gasteiger charge is 2.39. The van der Waals surface area contributed by atoms with Gasteiger partial charge in [0.25, 0.3) is 0 Å². The molecule has 122 valence electrons. The van der Waals surface area contributed by atoms with E-state index in [1.165, 1.54) is 47.7 Å². The second kappa shape index (κ2) is 5.49. The maximum absolute atomic E-state index is 2.63. The Morgan fingerprint density at radius 1 is 0.792 bits per heavy atom. The number of para-hydroxylation sites is 1. The Kier molecular flexibility index (Phi) is 3.27. The summed E-state index contributed by atoms with van der Waals surface area (Å²) in [6.45, 7) is 0. The molecule has 0 aliphatic carbocycles. The molecule has 0 spiro atoms. The molecule has 3 aromatic rings. The average molecular weight is 316 g/mol. The predicted molar refractivity (Wildman–Crippen MR) is 100 cm³/mol. The number of rotatable bonds is 2. The van der Waals surface area contributed by atoms with E-state index in [-0.39, 0.29) is 0 Å². The first-order chi connectivity index (χ1) is 11.8. The molecule has 2 aromatic carbocycles. The molecule has 2 unspecified atom stereocenters. The van der Waals surface area contributed by atoms with Gasteiger partial charge in [0, 0.05) is 40.8 Å². The van der Waals surface area contributed by atoms with Gasteiger partial charge in [0.05, 0.1) is 0 Å². The zero-order valence-corrected chi connectivity index (χ0v) is 14.2. The van der Waals surface area contributed by atoms with E-state index in [0.29, 0.717) is 6.04 Å². The lowest BCUT2D eigenvalue weighted by Gasteiger charge is -2.37. The van der Waals surface area contributed by atoms with E-state index in [2.05, 4.69) is 77.3 Å². The molecule has 2 saturated heterocycles. The second-order valence-corrected chi connectivity index (χ2v) is 7.51. The fourth-order valence-electron chi connectivity index (χ4n) is 4.96. The average Bonchev–Trinajstić information content (AvgIpc) is 3.08. The van der Waals surface area contributed by atoms with Crippen LogP contribution in [0, 0.1) is 0 Å². The Morgan fingerprint density at radius 3 is 2.21 bits per heavy atom. The van der Waals surface area contributed by atoms with E-state index in [4.69, 9.17) is 0 Å².